The Morgan fingerprint density at radius 2 is 1.95 bits per heavy atom. The summed E-state index contributed by atoms with van der Waals surface area (Å²) < 4.78 is 0. The Bertz CT molecular complexity index is 791. The number of halogens is 1. The van der Waals surface area contributed by atoms with Crippen molar-refractivity contribution in [1.82, 2.24) is 4.98 Å². The number of primary amides is 1. The predicted octanol–water partition coefficient (Wildman–Crippen LogP) is 3.56. The molecule has 1 atom stereocenters. The Labute approximate surface area is 115 Å². The van der Waals surface area contributed by atoms with Crippen LogP contribution in [0.25, 0.3) is 21.8 Å². The number of carbonyl (C=O) groups excluding carboxylic acids is 1. The number of hydrogen-bond donors (Lipinski definition) is 2. The first-order chi connectivity index (χ1) is 9.06. The number of aromatic amines is 1. The molecule has 0 saturated carbocycles. The minimum Gasteiger partial charge on any atom is -0.369 e. The Hall–Kier alpha value is -2.00. The molecule has 1 amide bonds. The summed E-state index contributed by atoms with van der Waals surface area (Å²) in [6, 6.07) is 11.7. The molecule has 3 nitrogen and oxygen atoms in total. The number of fused-ring (bicyclic) bond motifs is 3. The SMILES string of the molecule is C[C@H](C(N)=O)c1ccc2c(c1)[nH]c1ccc(Cl)cc12. The van der Waals surface area contributed by atoms with Crippen LogP contribution in [0.15, 0.2) is 36.4 Å². The highest BCUT2D eigenvalue weighted by atomic mass is 35.5. The number of hydrogen-bond acceptors (Lipinski definition) is 1. The lowest BCUT2D eigenvalue weighted by Gasteiger charge is -2.07. The molecule has 2 aromatic carbocycles. The van der Waals surface area contributed by atoms with Gasteiger partial charge in [0.25, 0.3) is 0 Å². The van der Waals surface area contributed by atoms with Gasteiger partial charge in [0.1, 0.15) is 0 Å². The van der Waals surface area contributed by atoms with Crippen LogP contribution in [0.1, 0.15) is 18.4 Å². The highest BCUT2D eigenvalue weighted by Gasteiger charge is 2.13. The van der Waals surface area contributed by atoms with Gasteiger partial charge in [-0.1, -0.05) is 23.7 Å². The summed E-state index contributed by atoms with van der Waals surface area (Å²) in [5.41, 5.74) is 8.27. The molecular weight excluding hydrogens is 260 g/mol. The topological polar surface area (TPSA) is 58.9 Å². The van der Waals surface area contributed by atoms with E-state index in [1.54, 1.807) is 0 Å². The molecule has 1 heterocycles. The summed E-state index contributed by atoms with van der Waals surface area (Å²) in [6.07, 6.45) is 0. The summed E-state index contributed by atoms with van der Waals surface area (Å²) in [6.45, 7) is 1.81. The minimum atomic E-state index is -0.321. The van der Waals surface area contributed by atoms with Crippen molar-refractivity contribution in [3.8, 4) is 0 Å². The van der Waals surface area contributed by atoms with Crippen LogP contribution in [0, 0.1) is 0 Å². The number of benzene rings is 2. The smallest absolute Gasteiger partial charge is 0.224 e. The van der Waals surface area contributed by atoms with Crippen LogP contribution in [-0.4, -0.2) is 10.9 Å². The van der Waals surface area contributed by atoms with Crippen molar-refractivity contribution < 1.29 is 4.79 Å². The van der Waals surface area contributed by atoms with Gasteiger partial charge in [0, 0.05) is 26.8 Å². The van der Waals surface area contributed by atoms with Gasteiger partial charge in [-0.15, -0.1) is 0 Å². The number of amides is 1. The molecule has 0 unspecified atom stereocenters. The van der Waals surface area contributed by atoms with Gasteiger partial charge in [0.15, 0.2) is 0 Å². The molecule has 0 fully saturated rings. The van der Waals surface area contributed by atoms with Gasteiger partial charge < -0.3 is 10.7 Å². The maximum Gasteiger partial charge on any atom is 0.224 e. The third kappa shape index (κ3) is 1.96. The van der Waals surface area contributed by atoms with E-state index in [4.69, 9.17) is 17.3 Å². The van der Waals surface area contributed by atoms with E-state index in [-0.39, 0.29) is 11.8 Å². The maximum absolute atomic E-state index is 11.2. The van der Waals surface area contributed by atoms with Crippen LogP contribution in [0.3, 0.4) is 0 Å². The van der Waals surface area contributed by atoms with E-state index in [0.29, 0.717) is 5.02 Å². The van der Waals surface area contributed by atoms with Crippen LogP contribution < -0.4 is 5.73 Å². The fourth-order valence-corrected chi connectivity index (χ4v) is 2.50. The normalized spacial score (nSPS) is 12.9. The second kappa shape index (κ2) is 4.28. The fraction of sp³-hybridized carbons (Fsp3) is 0.133. The average Bonchev–Trinajstić information content (AvgIpc) is 2.74. The number of aromatic nitrogens is 1. The second-order valence-electron chi connectivity index (χ2n) is 4.74. The Morgan fingerprint density at radius 1 is 1.16 bits per heavy atom. The molecule has 0 aliphatic heterocycles. The standard InChI is InChI=1S/C15H13ClN2O/c1-8(15(17)19)9-2-4-11-12-7-10(16)3-5-13(12)18-14(11)6-9/h2-8,18H,1H3,(H2,17,19)/t8-/m0/s1. The molecule has 4 heteroatoms. The summed E-state index contributed by atoms with van der Waals surface area (Å²) in [5.74, 6) is -0.613. The van der Waals surface area contributed by atoms with Gasteiger partial charge in [-0.05, 0) is 36.8 Å². The van der Waals surface area contributed by atoms with Crippen molar-refractivity contribution >= 4 is 39.3 Å². The molecule has 96 valence electrons. The Balaban J connectivity index is 2.24. The van der Waals surface area contributed by atoms with Crippen LogP contribution in [0.2, 0.25) is 5.02 Å². The van der Waals surface area contributed by atoms with Gasteiger partial charge in [-0.3, -0.25) is 4.79 Å². The zero-order valence-electron chi connectivity index (χ0n) is 10.4. The van der Waals surface area contributed by atoms with Gasteiger partial charge in [0.05, 0.1) is 5.92 Å². The zero-order chi connectivity index (χ0) is 13.6. The number of carbonyl (C=O) groups is 1. The largest absolute Gasteiger partial charge is 0.369 e. The molecule has 3 rings (SSSR count). The van der Waals surface area contributed by atoms with Crippen molar-refractivity contribution in [3.63, 3.8) is 0 Å². The van der Waals surface area contributed by atoms with Crippen molar-refractivity contribution in [3.05, 3.63) is 47.0 Å². The summed E-state index contributed by atoms with van der Waals surface area (Å²) in [5, 5.41) is 2.89. The summed E-state index contributed by atoms with van der Waals surface area (Å²) >= 11 is 6.02. The van der Waals surface area contributed by atoms with E-state index < -0.39 is 0 Å². The lowest BCUT2D eigenvalue weighted by Crippen LogP contribution is -2.18. The molecule has 0 aliphatic carbocycles. The van der Waals surface area contributed by atoms with Crippen LogP contribution >= 0.6 is 11.6 Å². The van der Waals surface area contributed by atoms with Crippen LogP contribution in [0.4, 0.5) is 0 Å². The highest BCUT2D eigenvalue weighted by molar-refractivity contribution is 6.31. The molecule has 0 aliphatic rings. The van der Waals surface area contributed by atoms with Gasteiger partial charge in [-0.25, -0.2) is 0 Å². The average molecular weight is 273 g/mol. The van der Waals surface area contributed by atoms with E-state index in [1.807, 2.05) is 43.3 Å². The number of nitrogens with one attached hydrogen (secondary N) is 1. The van der Waals surface area contributed by atoms with Crippen LogP contribution in [-0.2, 0) is 4.79 Å². The first-order valence-corrected chi connectivity index (χ1v) is 6.44. The number of H-pyrrole nitrogens is 1. The van der Waals surface area contributed by atoms with Crippen molar-refractivity contribution in [1.29, 1.82) is 0 Å². The van der Waals surface area contributed by atoms with E-state index in [9.17, 15) is 4.79 Å². The monoisotopic (exact) mass is 272 g/mol. The van der Waals surface area contributed by atoms with E-state index in [0.717, 1.165) is 27.4 Å². The number of nitrogens with two attached hydrogens (primary N) is 1. The first-order valence-electron chi connectivity index (χ1n) is 6.06. The van der Waals surface area contributed by atoms with E-state index >= 15 is 0 Å². The van der Waals surface area contributed by atoms with Crippen molar-refractivity contribution in [2.24, 2.45) is 5.73 Å². The highest BCUT2D eigenvalue weighted by Crippen LogP contribution is 2.29. The third-order valence-corrected chi connectivity index (χ3v) is 3.75. The van der Waals surface area contributed by atoms with E-state index in [2.05, 4.69) is 4.98 Å². The predicted molar refractivity (Wildman–Crippen MR) is 78.4 cm³/mol. The fourth-order valence-electron chi connectivity index (χ4n) is 2.33. The quantitative estimate of drug-likeness (QED) is 0.736. The first kappa shape index (κ1) is 12.1. The van der Waals surface area contributed by atoms with Crippen LogP contribution in [0.5, 0.6) is 0 Å². The molecule has 1 aromatic heterocycles. The molecule has 19 heavy (non-hydrogen) atoms. The molecule has 0 spiro atoms. The third-order valence-electron chi connectivity index (χ3n) is 3.51. The minimum absolute atomic E-state index is 0.292. The van der Waals surface area contributed by atoms with E-state index in [1.165, 1.54) is 0 Å². The Morgan fingerprint density at radius 3 is 2.68 bits per heavy atom. The molecule has 3 aromatic rings. The molecule has 3 N–H and O–H groups in total. The molecule has 0 saturated heterocycles. The zero-order valence-corrected chi connectivity index (χ0v) is 11.2. The Kier molecular flexibility index (Phi) is 2.72. The van der Waals surface area contributed by atoms with Gasteiger partial charge in [-0.2, -0.15) is 0 Å². The number of rotatable bonds is 2. The van der Waals surface area contributed by atoms with Crippen molar-refractivity contribution in [2.75, 3.05) is 0 Å². The van der Waals surface area contributed by atoms with Gasteiger partial charge in [0.2, 0.25) is 5.91 Å². The lowest BCUT2D eigenvalue weighted by atomic mass is 9.99. The second-order valence-corrected chi connectivity index (χ2v) is 5.18. The molecular formula is C15H13ClN2O. The maximum atomic E-state index is 11.2. The van der Waals surface area contributed by atoms with Gasteiger partial charge >= 0.3 is 0 Å². The molecule has 0 radical (unpaired) electrons. The lowest BCUT2D eigenvalue weighted by molar-refractivity contribution is -0.119. The molecule has 0 bridgehead atoms. The van der Waals surface area contributed by atoms with Crippen molar-refractivity contribution in [2.45, 2.75) is 12.8 Å². The summed E-state index contributed by atoms with van der Waals surface area (Å²) in [7, 11) is 0. The summed E-state index contributed by atoms with van der Waals surface area (Å²) in [4.78, 5) is 14.6.